The van der Waals surface area contributed by atoms with Gasteiger partial charge in [-0.2, -0.15) is 5.26 Å². The van der Waals surface area contributed by atoms with Crippen LogP contribution in [0.25, 0.3) is 6.08 Å². The smallest absolute Gasteiger partial charge is 0.346 e. The van der Waals surface area contributed by atoms with Crippen molar-refractivity contribution in [3.05, 3.63) is 35.4 Å². The van der Waals surface area contributed by atoms with Crippen molar-refractivity contribution in [2.75, 3.05) is 18.0 Å². The number of benzene rings is 1. The highest BCUT2D eigenvalue weighted by molar-refractivity contribution is 5.96. The van der Waals surface area contributed by atoms with Crippen LogP contribution in [-0.2, 0) is 4.79 Å². The van der Waals surface area contributed by atoms with Crippen LogP contribution in [0.5, 0.6) is 0 Å². The van der Waals surface area contributed by atoms with Crippen molar-refractivity contribution < 1.29 is 9.90 Å². The van der Waals surface area contributed by atoms with Crippen molar-refractivity contribution in [1.82, 2.24) is 0 Å². The lowest BCUT2D eigenvalue weighted by Crippen LogP contribution is -2.25. The van der Waals surface area contributed by atoms with E-state index in [1.807, 2.05) is 24.3 Å². The lowest BCUT2D eigenvalue weighted by atomic mass is 10.1. The van der Waals surface area contributed by atoms with E-state index in [0.29, 0.717) is 0 Å². The largest absolute Gasteiger partial charge is 0.477 e. The van der Waals surface area contributed by atoms with Crippen LogP contribution in [0.3, 0.4) is 0 Å². The van der Waals surface area contributed by atoms with Crippen LogP contribution in [0.2, 0.25) is 0 Å². The normalized spacial score (nSPS) is 11.0. The second-order valence-corrected chi connectivity index (χ2v) is 5.26. The number of anilines is 1. The Balaban J connectivity index is 2.88. The second kappa shape index (κ2) is 9.62. The van der Waals surface area contributed by atoms with E-state index in [4.69, 9.17) is 10.4 Å². The Bertz CT molecular complexity index is 533. The van der Waals surface area contributed by atoms with Gasteiger partial charge in [0, 0.05) is 18.8 Å². The van der Waals surface area contributed by atoms with Crippen molar-refractivity contribution in [3.8, 4) is 6.07 Å². The molecule has 0 fully saturated rings. The molecule has 22 heavy (non-hydrogen) atoms. The highest BCUT2D eigenvalue weighted by Gasteiger charge is 2.07. The summed E-state index contributed by atoms with van der Waals surface area (Å²) >= 11 is 0. The van der Waals surface area contributed by atoms with Crippen molar-refractivity contribution in [3.63, 3.8) is 0 Å². The third kappa shape index (κ3) is 5.61. The van der Waals surface area contributed by atoms with Crippen LogP contribution in [-0.4, -0.2) is 24.2 Å². The van der Waals surface area contributed by atoms with Gasteiger partial charge in [0.25, 0.3) is 0 Å². The van der Waals surface area contributed by atoms with Crippen LogP contribution >= 0.6 is 0 Å². The molecule has 1 aromatic carbocycles. The molecule has 0 heterocycles. The molecule has 0 aliphatic heterocycles. The van der Waals surface area contributed by atoms with Crippen LogP contribution in [0, 0.1) is 11.3 Å². The number of hydrogen-bond donors (Lipinski definition) is 1. The van der Waals surface area contributed by atoms with E-state index >= 15 is 0 Å². The summed E-state index contributed by atoms with van der Waals surface area (Å²) in [7, 11) is 0. The molecule has 0 amide bonds. The molecule has 0 saturated carbocycles. The molecule has 118 valence electrons. The van der Waals surface area contributed by atoms with Crippen LogP contribution in [0.15, 0.2) is 29.8 Å². The van der Waals surface area contributed by atoms with E-state index in [0.717, 1.165) is 50.0 Å². The van der Waals surface area contributed by atoms with Crippen molar-refractivity contribution in [1.29, 1.82) is 5.26 Å². The predicted octanol–water partition coefficient (Wildman–Crippen LogP) is 4.08. The fourth-order valence-corrected chi connectivity index (χ4v) is 2.16. The molecule has 4 nitrogen and oxygen atoms in total. The lowest BCUT2D eigenvalue weighted by molar-refractivity contribution is -0.132. The quantitative estimate of drug-likeness (QED) is 0.551. The number of rotatable bonds is 9. The molecule has 0 atom stereocenters. The summed E-state index contributed by atoms with van der Waals surface area (Å²) < 4.78 is 0. The van der Waals surface area contributed by atoms with E-state index in [2.05, 4.69) is 18.7 Å². The fourth-order valence-electron chi connectivity index (χ4n) is 2.16. The van der Waals surface area contributed by atoms with Crippen LogP contribution in [0.1, 0.15) is 45.1 Å². The second-order valence-electron chi connectivity index (χ2n) is 5.26. The van der Waals surface area contributed by atoms with Gasteiger partial charge in [0.1, 0.15) is 11.6 Å². The van der Waals surface area contributed by atoms with Crippen LogP contribution in [0.4, 0.5) is 5.69 Å². The lowest BCUT2D eigenvalue weighted by Gasteiger charge is -2.24. The van der Waals surface area contributed by atoms with Gasteiger partial charge in [-0.3, -0.25) is 0 Å². The Hall–Kier alpha value is -2.28. The van der Waals surface area contributed by atoms with Gasteiger partial charge >= 0.3 is 5.97 Å². The molecular formula is C18H24N2O2. The first-order valence-electron chi connectivity index (χ1n) is 7.82. The topological polar surface area (TPSA) is 64.3 Å². The molecule has 0 aliphatic carbocycles. The number of unbranched alkanes of at least 4 members (excludes halogenated alkanes) is 2. The van der Waals surface area contributed by atoms with Crippen molar-refractivity contribution >= 4 is 17.7 Å². The maximum Gasteiger partial charge on any atom is 0.346 e. The Morgan fingerprint density at radius 1 is 1.18 bits per heavy atom. The first-order valence-corrected chi connectivity index (χ1v) is 7.82. The molecule has 0 saturated heterocycles. The number of aliphatic carboxylic acids is 1. The molecule has 0 unspecified atom stereocenters. The Kier molecular flexibility index (Phi) is 7.77. The van der Waals surface area contributed by atoms with Gasteiger partial charge in [0.05, 0.1) is 0 Å². The molecule has 0 radical (unpaired) electrons. The molecule has 0 spiro atoms. The zero-order valence-corrected chi connectivity index (χ0v) is 13.4. The van der Waals surface area contributed by atoms with Gasteiger partial charge in [-0.05, 0) is 36.6 Å². The number of nitrogens with zero attached hydrogens (tertiary/aromatic N) is 2. The van der Waals surface area contributed by atoms with E-state index in [9.17, 15) is 4.79 Å². The van der Waals surface area contributed by atoms with Gasteiger partial charge in [-0.25, -0.2) is 4.79 Å². The highest BCUT2D eigenvalue weighted by atomic mass is 16.4. The average Bonchev–Trinajstić information content (AvgIpc) is 2.53. The zero-order chi connectivity index (χ0) is 16.4. The summed E-state index contributed by atoms with van der Waals surface area (Å²) in [5.41, 5.74) is 1.63. The van der Waals surface area contributed by atoms with Crippen LogP contribution < -0.4 is 4.90 Å². The molecule has 0 aliphatic rings. The van der Waals surface area contributed by atoms with Crippen molar-refractivity contribution in [2.24, 2.45) is 0 Å². The first-order chi connectivity index (χ1) is 10.6. The monoisotopic (exact) mass is 300 g/mol. The summed E-state index contributed by atoms with van der Waals surface area (Å²) in [5.74, 6) is -1.20. The molecule has 1 N–H and O–H groups in total. The number of carbonyl (C=O) groups is 1. The van der Waals surface area contributed by atoms with Gasteiger partial charge in [-0.15, -0.1) is 0 Å². The maximum atomic E-state index is 10.8. The summed E-state index contributed by atoms with van der Waals surface area (Å²) in [6.07, 6.45) is 6.03. The molecule has 1 aromatic rings. The molecule has 0 aromatic heterocycles. The third-order valence-electron chi connectivity index (χ3n) is 3.48. The molecule has 0 bridgehead atoms. The van der Waals surface area contributed by atoms with Gasteiger partial charge in [0.15, 0.2) is 0 Å². The molecule has 1 rings (SSSR count). The van der Waals surface area contributed by atoms with E-state index in [-0.39, 0.29) is 5.57 Å². The highest BCUT2D eigenvalue weighted by Crippen LogP contribution is 2.18. The fraction of sp³-hybridized carbons (Fsp3) is 0.444. The minimum atomic E-state index is -1.20. The van der Waals surface area contributed by atoms with Gasteiger partial charge < -0.3 is 10.0 Å². The summed E-state index contributed by atoms with van der Waals surface area (Å²) in [6.45, 7) is 6.43. The predicted molar refractivity (Wildman–Crippen MR) is 89.7 cm³/mol. The summed E-state index contributed by atoms with van der Waals surface area (Å²) in [6, 6.07) is 9.41. The minimum Gasteiger partial charge on any atom is -0.477 e. The molecule has 4 heteroatoms. The minimum absolute atomic E-state index is 0.249. The number of hydrogen-bond acceptors (Lipinski definition) is 3. The molecular weight excluding hydrogens is 276 g/mol. The van der Waals surface area contributed by atoms with E-state index < -0.39 is 5.97 Å². The average molecular weight is 300 g/mol. The maximum absolute atomic E-state index is 10.8. The zero-order valence-electron chi connectivity index (χ0n) is 13.4. The van der Waals surface area contributed by atoms with E-state index in [1.54, 1.807) is 6.07 Å². The van der Waals surface area contributed by atoms with Crippen molar-refractivity contribution in [2.45, 2.75) is 39.5 Å². The first kappa shape index (κ1) is 17.8. The Labute approximate surface area is 132 Å². The summed E-state index contributed by atoms with van der Waals surface area (Å²) in [4.78, 5) is 13.2. The number of nitriles is 1. The van der Waals surface area contributed by atoms with Gasteiger partial charge in [0.2, 0.25) is 0 Å². The standard InChI is InChI=1S/C18H24N2O2/c1-3-5-11-20(12-6-4-2)17-9-7-15(8-10-17)13-16(14-19)18(21)22/h7-10,13H,3-6,11-12H2,1-2H3,(H,21,22). The third-order valence-corrected chi connectivity index (χ3v) is 3.48. The van der Waals surface area contributed by atoms with E-state index in [1.165, 1.54) is 6.08 Å². The number of carboxylic acids is 1. The van der Waals surface area contributed by atoms with Gasteiger partial charge in [-0.1, -0.05) is 38.8 Å². The summed E-state index contributed by atoms with van der Waals surface area (Å²) in [5, 5.41) is 17.7. The Morgan fingerprint density at radius 3 is 2.14 bits per heavy atom. The SMILES string of the molecule is CCCCN(CCCC)c1ccc(C=C(C#N)C(=O)O)cc1. The number of carboxylic acid groups (broad SMARTS) is 1. The Morgan fingerprint density at radius 2 is 1.73 bits per heavy atom.